The Balaban J connectivity index is 2.38. The largest absolute Gasteiger partial charge is 0.391 e. The number of para-hydroxylation sites is 1. The first-order valence-electron chi connectivity index (χ1n) is 6.96. The van der Waals surface area contributed by atoms with Gasteiger partial charge >= 0.3 is 0 Å². The monoisotopic (exact) mass is 282 g/mol. The standard InChI is InChI=1S/C15H23FN2O2/c1-10(19)13-5-4-6-14(16)15(13)18-9-12(20)7-11(18)8-17(2)3/h4-6,10-12,19-20H,7-9H2,1-3H3. The lowest BCUT2D eigenvalue weighted by atomic mass is 10.1. The number of aliphatic hydroxyl groups excluding tert-OH is 2. The Bertz CT molecular complexity index is 465. The maximum atomic E-state index is 14.3. The fourth-order valence-corrected chi connectivity index (χ4v) is 2.93. The van der Waals surface area contributed by atoms with E-state index in [2.05, 4.69) is 0 Å². The summed E-state index contributed by atoms with van der Waals surface area (Å²) in [5.74, 6) is -0.346. The van der Waals surface area contributed by atoms with Gasteiger partial charge in [0.15, 0.2) is 0 Å². The van der Waals surface area contributed by atoms with Gasteiger partial charge in [-0.15, -0.1) is 0 Å². The number of nitrogens with zero attached hydrogens (tertiary/aromatic N) is 2. The maximum Gasteiger partial charge on any atom is 0.146 e. The van der Waals surface area contributed by atoms with E-state index in [1.807, 2.05) is 23.9 Å². The summed E-state index contributed by atoms with van der Waals surface area (Å²) >= 11 is 0. The van der Waals surface area contributed by atoms with Crippen LogP contribution in [0.1, 0.15) is 25.0 Å². The molecule has 0 aromatic heterocycles. The van der Waals surface area contributed by atoms with Gasteiger partial charge in [0.1, 0.15) is 5.82 Å². The fraction of sp³-hybridized carbons (Fsp3) is 0.600. The van der Waals surface area contributed by atoms with Crippen molar-refractivity contribution in [2.75, 3.05) is 32.1 Å². The molecule has 0 amide bonds. The lowest BCUT2D eigenvalue weighted by Gasteiger charge is -2.31. The van der Waals surface area contributed by atoms with Crippen LogP contribution < -0.4 is 4.90 Å². The highest BCUT2D eigenvalue weighted by molar-refractivity contribution is 5.57. The van der Waals surface area contributed by atoms with E-state index in [-0.39, 0.29) is 11.9 Å². The molecule has 4 nitrogen and oxygen atoms in total. The molecular formula is C15H23FN2O2. The number of hydrogen-bond donors (Lipinski definition) is 2. The molecule has 1 saturated heterocycles. The Morgan fingerprint density at radius 1 is 1.45 bits per heavy atom. The number of halogens is 1. The number of benzene rings is 1. The maximum absolute atomic E-state index is 14.3. The van der Waals surface area contributed by atoms with E-state index in [1.165, 1.54) is 6.07 Å². The molecule has 5 heteroatoms. The van der Waals surface area contributed by atoms with Crippen LogP contribution in [0.15, 0.2) is 18.2 Å². The summed E-state index contributed by atoms with van der Waals surface area (Å²) in [7, 11) is 3.92. The molecule has 20 heavy (non-hydrogen) atoms. The van der Waals surface area contributed by atoms with Crippen molar-refractivity contribution in [3.8, 4) is 0 Å². The van der Waals surface area contributed by atoms with E-state index in [0.29, 0.717) is 24.2 Å². The zero-order valence-electron chi connectivity index (χ0n) is 12.3. The average Bonchev–Trinajstić information content (AvgIpc) is 2.68. The molecule has 3 unspecified atom stereocenters. The topological polar surface area (TPSA) is 46.9 Å². The van der Waals surface area contributed by atoms with Gasteiger partial charge < -0.3 is 20.0 Å². The molecular weight excluding hydrogens is 259 g/mol. The summed E-state index contributed by atoms with van der Waals surface area (Å²) in [4.78, 5) is 3.92. The van der Waals surface area contributed by atoms with Crippen LogP contribution in [0.4, 0.5) is 10.1 Å². The van der Waals surface area contributed by atoms with E-state index < -0.39 is 12.2 Å². The van der Waals surface area contributed by atoms with Crippen LogP contribution in [-0.4, -0.2) is 54.4 Å². The smallest absolute Gasteiger partial charge is 0.146 e. The molecule has 0 saturated carbocycles. The molecule has 0 spiro atoms. The second-order valence-corrected chi connectivity index (χ2v) is 5.81. The van der Waals surface area contributed by atoms with Crippen molar-refractivity contribution in [3.63, 3.8) is 0 Å². The predicted octanol–water partition coefficient (Wildman–Crippen LogP) is 1.38. The summed E-state index contributed by atoms with van der Waals surface area (Å²) in [6.07, 6.45) is -0.578. The van der Waals surface area contributed by atoms with Crippen molar-refractivity contribution >= 4 is 5.69 Å². The number of likely N-dealkylation sites (N-methyl/N-ethyl adjacent to an activating group) is 1. The minimum absolute atomic E-state index is 0.0504. The summed E-state index contributed by atoms with van der Waals surface area (Å²) in [5, 5.41) is 19.8. The molecule has 0 bridgehead atoms. The van der Waals surface area contributed by atoms with Gasteiger partial charge in [0, 0.05) is 24.7 Å². The number of hydrogen-bond acceptors (Lipinski definition) is 4. The molecule has 1 heterocycles. The van der Waals surface area contributed by atoms with Gasteiger partial charge in [0.2, 0.25) is 0 Å². The molecule has 0 radical (unpaired) electrons. The minimum Gasteiger partial charge on any atom is -0.391 e. The zero-order valence-corrected chi connectivity index (χ0v) is 12.3. The van der Waals surface area contributed by atoms with Crippen LogP contribution >= 0.6 is 0 Å². The lowest BCUT2D eigenvalue weighted by molar-refractivity contribution is 0.191. The quantitative estimate of drug-likeness (QED) is 0.876. The second-order valence-electron chi connectivity index (χ2n) is 5.81. The van der Waals surface area contributed by atoms with Gasteiger partial charge in [0.25, 0.3) is 0 Å². The average molecular weight is 282 g/mol. The van der Waals surface area contributed by atoms with Crippen molar-refractivity contribution in [3.05, 3.63) is 29.6 Å². The highest BCUT2D eigenvalue weighted by Crippen LogP contribution is 2.34. The SMILES string of the molecule is CC(O)c1cccc(F)c1N1CC(O)CC1CN(C)C. The van der Waals surface area contributed by atoms with Gasteiger partial charge in [0.05, 0.1) is 17.9 Å². The van der Waals surface area contributed by atoms with E-state index in [0.717, 1.165) is 6.54 Å². The van der Waals surface area contributed by atoms with Crippen molar-refractivity contribution in [1.29, 1.82) is 0 Å². The molecule has 1 aliphatic heterocycles. The van der Waals surface area contributed by atoms with Crippen molar-refractivity contribution < 1.29 is 14.6 Å². The molecule has 1 fully saturated rings. The Morgan fingerprint density at radius 2 is 2.15 bits per heavy atom. The Hall–Kier alpha value is -1.17. The normalized spacial score (nSPS) is 24.4. The molecule has 1 aliphatic rings. The van der Waals surface area contributed by atoms with Gasteiger partial charge in [-0.05, 0) is 33.5 Å². The van der Waals surface area contributed by atoms with Crippen molar-refractivity contribution in [1.82, 2.24) is 4.90 Å². The summed E-state index contributed by atoms with van der Waals surface area (Å²) in [5.41, 5.74) is 0.994. The van der Waals surface area contributed by atoms with Crippen LogP contribution in [0.25, 0.3) is 0 Å². The molecule has 112 valence electrons. The predicted molar refractivity (Wildman–Crippen MR) is 77.3 cm³/mol. The first kappa shape index (κ1) is 15.2. The zero-order chi connectivity index (χ0) is 14.9. The van der Waals surface area contributed by atoms with Crippen LogP contribution in [0.2, 0.25) is 0 Å². The second kappa shape index (κ2) is 6.08. The lowest BCUT2D eigenvalue weighted by Crippen LogP contribution is -2.38. The molecule has 3 atom stereocenters. The number of aliphatic hydroxyl groups is 2. The van der Waals surface area contributed by atoms with Gasteiger partial charge in [-0.2, -0.15) is 0 Å². The van der Waals surface area contributed by atoms with Crippen molar-refractivity contribution in [2.24, 2.45) is 0 Å². The van der Waals surface area contributed by atoms with Crippen molar-refractivity contribution in [2.45, 2.75) is 31.6 Å². The van der Waals surface area contributed by atoms with Gasteiger partial charge in [-0.1, -0.05) is 12.1 Å². The van der Waals surface area contributed by atoms with Gasteiger partial charge in [-0.3, -0.25) is 0 Å². The molecule has 2 rings (SSSR count). The van der Waals surface area contributed by atoms with E-state index in [1.54, 1.807) is 19.1 Å². The first-order valence-corrected chi connectivity index (χ1v) is 6.96. The van der Waals surface area contributed by atoms with Crippen LogP contribution in [0.3, 0.4) is 0 Å². The molecule has 1 aromatic carbocycles. The summed E-state index contributed by atoms with van der Waals surface area (Å²) < 4.78 is 14.3. The Kier molecular flexibility index (Phi) is 4.62. The van der Waals surface area contributed by atoms with Gasteiger partial charge in [-0.25, -0.2) is 4.39 Å². The first-order chi connectivity index (χ1) is 9.40. The summed E-state index contributed by atoms with van der Waals surface area (Å²) in [6.45, 7) is 2.77. The van der Waals surface area contributed by atoms with E-state index >= 15 is 0 Å². The number of β-amino-alcohol motifs (C(OH)–C–C–N with tert-alkyl or cyclic N) is 1. The number of rotatable bonds is 4. The fourth-order valence-electron chi connectivity index (χ4n) is 2.93. The molecule has 1 aromatic rings. The van der Waals surface area contributed by atoms with E-state index in [9.17, 15) is 14.6 Å². The van der Waals surface area contributed by atoms with E-state index in [4.69, 9.17) is 0 Å². The molecule has 0 aliphatic carbocycles. The third-order valence-electron chi connectivity index (χ3n) is 3.72. The Morgan fingerprint density at radius 3 is 2.75 bits per heavy atom. The highest BCUT2D eigenvalue weighted by Gasteiger charge is 2.34. The highest BCUT2D eigenvalue weighted by atomic mass is 19.1. The Labute approximate surface area is 119 Å². The third-order valence-corrected chi connectivity index (χ3v) is 3.72. The van der Waals surface area contributed by atoms with Crippen LogP contribution in [0, 0.1) is 5.82 Å². The summed E-state index contributed by atoms with van der Waals surface area (Å²) in [6, 6.07) is 4.79. The molecule has 2 N–H and O–H groups in total. The third kappa shape index (κ3) is 3.11. The van der Waals surface area contributed by atoms with Crippen LogP contribution in [-0.2, 0) is 0 Å². The van der Waals surface area contributed by atoms with Crippen LogP contribution in [0.5, 0.6) is 0 Å². The number of anilines is 1. The minimum atomic E-state index is -0.738.